The van der Waals surface area contributed by atoms with Crippen molar-refractivity contribution in [1.29, 1.82) is 1.28 Å². The number of aromatic hydroxyl groups is 2. The summed E-state index contributed by atoms with van der Waals surface area (Å²) >= 11 is 2.61. The molecule has 2 atom stereocenters. The molecule has 15 aromatic rings. The second kappa shape index (κ2) is 47.2. The number of aliphatic carboxylic acids is 1. The molecule has 12 aromatic carbocycles. The molecule has 0 saturated heterocycles. The lowest BCUT2D eigenvalue weighted by molar-refractivity contribution is -0.136. The summed E-state index contributed by atoms with van der Waals surface area (Å²) in [5.41, 5.74) is 60.5. The number of carboxylic acid groups (broad SMARTS) is 1. The normalized spacial score (nSPS) is 13.5. The van der Waals surface area contributed by atoms with Gasteiger partial charge >= 0.3 is 5.97 Å². The van der Waals surface area contributed by atoms with Gasteiger partial charge in [-0.25, -0.2) is 8.42 Å². The highest BCUT2D eigenvalue weighted by Crippen LogP contribution is 2.42. The summed E-state index contributed by atoms with van der Waals surface area (Å²) in [5, 5.41) is 41.3. The summed E-state index contributed by atoms with van der Waals surface area (Å²) in [6.07, 6.45) is 6.87. The summed E-state index contributed by atoms with van der Waals surface area (Å²) in [6, 6.07) is 67.0. The third-order valence-electron chi connectivity index (χ3n) is 22.9. The lowest BCUT2D eigenvalue weighted by Gasteiger charge is -2.40. The van der Waals surface area contributed by atoms with Gasteiger partial charge in [0.1, 0.15) is 27.9 Å². The fourth-order valence-electron chi connectivity index (χ4n) is 15.4. The van der Waals surface area contributed by atoms with E-state index in [1.54, 1.807) is 71.6 Å². The fourth-order valence-corrected chi connectivity index (χ4v) is 18.9. The number of allylic oxidation sites excluding steroid dienone is 2. The molecule has 28 nitrogen and oxygen atoms in total. The second-order valence-corrected chi connectivity index (χ2v) is 38.1. The SMILES string of the molecule is C.CC(=O)N1c2ccc(O)cc2OC2C=C(C)C=CC21.CCn1/c(=N/N=c2\sc3cc(S(=O)(=O)O)ccc3n2CC)sc2cc(S(C)(=O)=O)ccc21.CCn1c2ccccc2c2cc(C)ccc21.COc1cc(CC(=O)O)ccc1O.Cc1cc(-c2cc(C)c(N)c(C)c2)cc(C)c1C.Cc1cc(-c2ccc(N)c(N)c2)ccc1N.Cc1ccccc1N.Nc1cccc2c1C(=O)NCC2=O.[2H]P=O. The molecule has 0 bridgehead atoms. The van der Waals surface area contributed by atoms with Gasteiger partial charge in [0.25, 0.3) is 16.0 Å². The van der Waals surface area contributed by atoms with Crippen LogP contribution < -0.4 is 63.7 Å². The topological polar surface area (TPSA) is 464 Å². The minimum absolute atomic E-state index is 0. The Bertz CT molecular complexity index is 7290. The molecule has 0 saturated carbocycles. The Labute approximate surface area is 815 Å². The maximum absolute atomic E-state index is 11.9. The van der Waals surface area contributed by atoms with Gasteiger partial charge < -0.3 is 78.2 Å². The number of aromatic nitrogens is 3. The maximum atomic E-state index is 11.9. The zero-order valence-electron chi connectivity index (χ0n) is 79.7. The van der Waals surface area contributed by atoms with Gasteiger partial charge in [-0.3, -0.25) is 33.2 Å². The van der Waals surface area contributed by atoms with Gasteiger partial charge in [0.15, 0.2) is 27.1 Å². The van der Waals surface area contributed by atoms with Crippen LogP contribution >= 0.6 is 31.7 Å². The monoisotopic (exact) mass is 1960 g/mol. The number of carbonyl (C=O) groups is 4. The zero-order chi connectivity index (χ0) is 101. The van der Waals surface area contributed by atoms with Crippen LogP contribution in [-0.2, 0) is 60.2 Å². The molecule has 2 unspecified atom stereocenters. The first-order chi connectivity index (χ1) is 65.4. The van der Waals surface area contributed by atoms with Crippen molar-refractivity contribution in [3.63, 3.8) is 0 Å². The first-order valence-electron chi connectivity index (χ1n) is 43.8. The van der Waals surface area contributed by atoms with Crippen LogP contribution in [0.3, 0.4) is 0 Å². The largest absolute Gasteiger partial charge is 0.508 e. The van der Waals surface area contributed by atoms with E-state index < -0.39 is 35.0 Å². The smallest absolute Gasteiger partial charge is 0.307 e. The minimum atomic E-state index is -4.30. The second-order valence-electron chi connectivity index (χ2n) is 32.6. The highest BCUT2D eigenvalue weighted by Gasteiger charge is 2.37. The van der Waals surface area contributed by atoms with Crippen LogP contribution in [-0.4, -0.2) is 107 Å². The Balaban J connectivity index is 0.000000181. The average Bonchev–Trinajstić information content (AvgIpc) is 1.26. The van der Waals surface area contributed by atoms with Crippen LogP contribution in [0.2, 0.25) is 0 Å². The minimum Gasteiger partial charge on any atom is -0.508 e. The molecular formula is C105H118N13O15PS4. The lowest BCUT2D eigenvalue weighted by Crippen LogP contribution is -2.50. The number of ether oxygens (including phenoxy) is 2. The van der Waals surface area contributed by atoms with Gasteiger partial charge in [-0.1, -0.05) is 138 Å². The number of ketones is 1. The molecule has 5 heterocycles. The Hall–Kier alpha value is -14.7. The number of anilines is 7. The number of carbonyl (C=O) groups excluding carboxylic acids is 3. The molecule has 2 amide bonds. The molecule has 0 spiro atoms. The summed E-state index contributed by atoms with van der Waals surface area (Å²) in [7, 11) is -6.78. The molecule has 33 heteroatoms. The standard InChI is InChI=1S/C19H20N4O5S4.C17H21N.C15H15NO3.C15H15N.C13H15N3.C9H8N2O2.C9H10O4.C7H9N.CH4.HOP/c1-4-22-14-8-6-12(31(3,24)25)10-16(14)29-18(22)20-21-19-23(5-2)15-9-7-13(32(26,27)28)11-17(15)30-19;1-10-6-15(7-11(2)14(10)5)16-8-12(3)17(18)13(4)9-16;1-9-3-5-12-14(7-9)19-15-8-11(18)4-6-13(15)16(12)10(2)17;1-3-16-14-7-5-4-6-12(14)13-10-11(2)8-9-15(13)16;1-8-6-9(2-4-11(8)14)10-3-5-12(15)13(16)7-10;10-6-3-1-2-5-7(12)4-11-9(13)8(5)6;1-13-8-4-6(5-9(11)12)2-3-7(8)10;1-6-4-2-3-5-7(6)8;;1-2/h6-11H,4-5H2,1-3H3,(H,26,27,28);6-9H,18H2,1-5H3;3-8,12,14,18H,1-2H3;4-10H,3H2,1-2H3;2-7H,14-16H2,1H3;1-3H,4,10H2,(H,11,13);2-4,10H,5H2,1H3,(H,11,12);2-5H,8H2,1H3;1H4;2H/b20-18-,21-19-;;;;;;;;;/i;;;;;;;;;2D. The first-order valence-corrected chi connectivity index (χ1v) is 48.7. The highest BCUT2D eigenvalue weighted by atomic mass is 32.2. The molecule has 17 N–H and O–H groups in total. The van der Waals surface area contributed by atoms with Crippen molar-refractivity contribution in [3.05, 3.63) is 313 Å². The Morgan fingerprint density at radius 1 is 0.572 bits per heavy atom. The van der Waals surface area contributed by atoms with Crippen LogP contribution in [0.1, 0.15) is 113 Å². The van der Waals surface area contributed by atoms with E-state index in [1.165, 1.54) is 122 Å². The molecule has 2 aliphatic heterocycles. The number of phenolic OH excluding ortho intramolecular Hbond substituents is 2. The molecular weight excluding hydrogens is 1840 g/mol. The van der Waals surface area contributed by atoms with Gasteiger partial charge in [0.2, 0.25) is 15.5 Å². The van der Waals surface area contributed by atoms with Gasteiger partial charge in [-0.15, -0.1) is 10.2 Å². The van der Waals surface area contributed by atoms with E-state index in [9.17, 15) is 50.8 Å². The van der Waals surface area contributed by atoms with Crippen molar-refractivity contribution in [2.24, 2.45) is 10.2 Å². The quantitative estimate of drug-likeness (QED) is 0.0248. The number of aryl methyl sites for hydroxylation is 10. The first kappa shape index (κ1) is 105. The van der Waals surface area contributed by atoms with Crippen molar-refractivity contribution in [1.82, 2.24) is 19.0 Å². The van der Waals surface area contributed by atoms with Crippen LogP contribution in [0.4, 0.5) is 39.8 Å². The number of phenols is 2. The number of amides is 2. The number of para-hydroxylation sites is 2. The molecule has 18 rings (SSSR count). The molecule has 1 aliphatic carbocycles. The maximum Gasteiger partial charge on any atom is 0.307 e. The van der Waals surface area contributed by atoms with Crippen LogP contribution in [0.5, 0.6) is 23.0 Å². The van der Waals surface area contributed by atoms with Crippen LogP contribution in [0, 0.1) is 55.4 Å². The van der Waals surface area contributed by atoms with Gasteiger partial charge in [-0.05, 0) is 283 Å². The van der Waals surface area contributed by atoms with E-state index in [4.69, 9.17) is 54.8 Å². The number of hydrogen-bond acceptors (Lipinski definition) is 23. The third-order valence-corrected chi connectivity index (χ3v) is 26.9. The molecule has 0 fully saturated rings. The Morgan fingerprint density at radius 2 is 1.11 bits per heavy atom. The Morgan fingerprint density at radius 3 is 1.65 bits per heavy atom. The molecule has 722 valence electrons. The molecule has 0 radical (unpaired) electrons. The van der Waals surface area contributed by atoms with E-state index in [-0.39, 0.29) is 71.4 Å². The number of nitrogen functional groups attached to an aromatic ring is 6. The number of nitrogens with zero attached hydrogens (tertiary/aromatic N) is 6. The number of carboxylic acids is 1. The average molecular weight is 1960 g/mol. The van der Waals surface area contributed by atoms with Gasteiger partial charge in [0, 0.05) is 89.0 Å². The zero-order valence-corrected chi connectivity index (χ0v) is 82.9. The number of rotatable bonds is 11. The summed E-state index contributed by atoms with van der Waals surface area (Å²) in [5.74, 6) is -0.343. The van der Waals surface area contributed by atoms with Gasteiger partial charge in [0.05, 0.1) is 79.0 Å². The number of nitrogens with one attached hydrogen (secondary N) is 1. The predicted octanol–water partition coefficient (Wildman–Crippen LogP) is 20.1. The summed E-state index contributed by atoms with van der Waals surface area (Å²) in [6.45, 7) is 28.7. The number of hydrogen-bond donors (Lipinski definition) is 11. The van der Waals surface area contributed by atoms with Crippen molar-refractivity contribution in [2.45, 2.75) is 145 Å². The van der Waals surface area contributed by atoms with E-state index in [0.29, 0.717) is 78.3 Å². The number of nitrogens with two attached hydrogens (primary N) is 6. The lowest BCUT2D eigenvalue weighted by atomic mass is 9.94. The van der Waals surface area contributed by atoms with Crippen LogP contribution in [0.25, 0.3) is 64.5 Å². The van der Waals surface area contributed by atoms with E-state index in [2.05, 4.69) is 135 Å². The third kappa shape index (κ3) is 26.1. The number of fused-ring (bicyclic) bond motifs is 8. The van der Waals surface area contributed by atoms with Crippen molar-refractivity contribution >= 4 is 157 Å². The molecule has 3 aromatic heterocycles. The number of thiazole rings is 2. The van der Waals surface area contributed by atoms with Crippen molar-refractivity contribution < 1.29 is 69.9 Å². The van der Waals surface area contributed by atoms with Crippen LogP contribution in [0.15, 0.2) is 262 Å². The summed E-state index contributed by atoms with van der Waals surface area (Å²) < 4.78 is 88.6. The Kier molecular flexibility index (Phi) is 36.1. The van der Waals surface area contributed by atoms with E-state index in [1.807, 2.05) is 123 Å². The molecule has 138 heavy (non-hydrogen) atoms. The fraction of sp³-hybridized carbons (Fsp3) is 0.219. The molecule has 3 aliphatic rings. The number of methoxy groups -OCH3 is 1. The predicted molar refractivity (Wildman–Crippen MR) is 562 cm³/mol. The number of sulfone groups is 1. The number of Topliss-reactive ketones (excluding diaryl/α,β-unsaturated/α-hetero) is 1. The van der Waals surface area contributed by atoms with E-state index >= 15 is 0 Å². The van der Waals surface area contributed by atoms with Crippen molar-refractivity contribution in [2.75, 3.05) is 59.2 Å². The van der Waals surface area contributed by atoms with Crippen molar-refractivity contribution in [3.8, 4) is 45.3 Å². The van der Waals surface area contributed by atoms with Gasteiger partial charge in [-0.2, -0.15) is 8.42 Å². The van der Waals surface area contributed by atoms with E-state index in [0.717, 1.165) is 78.3 Å². The summed E-state index contributed by atoms with van der Waals surface area (Å²) in [4.78, 5) is 47.9. The highest BCUT2D eigenvalue weighted by molar-refractivity contribution is 7.90. The number of benzene rings is 12.